The molecule has 0 unspecified atom stereocenters. The fourth-order valence-corrected chi connectivity index (χ4v) is 2.57. The van der Waals surface area contributed by atoms with Gasteiger partial charge in [0.05, 0.1) is 25.1 Å². The van der Waals surface area contributed by atoms with Crippen molar-refractivity contribution in [1.29, 1.82) is 0 Å². The Bertz CT molecular complexity index is 803. The zero-order chi connectivity index (χ0) is 19.1. The van der Waals surface area contributed by atoms with Crippen molar-refractivity contribution in [3.63, 3.8) is 0 Å². The first kappa shape index (κ1) is 19.2. The number of nitrogens with one attached hydrogen (secondary N) is 2. The maximum Gasteiger partial charge on any atom is 0.337 e. The van der Waals surface area contributed by atoms with E-state index in [9.17, 15) is 14.4 Å². The maximum atomic E-state index is 12.5. The van der Waals surface area contributed by atoms with E-state index in [0.717, 1.165) is 11.1 Å². The first-order chi connectivity index (χ1) is 12.4. The number of carbonyl (C=O) groups excluding carboxylic acids is 3. The molecule has 2 amide bonds. The molecule has 2 N–H and O–H groups in total. The topological polar surface area (TPSA) is 84.5 Å². The molecule has 0 aliphatic carbocycles. The van der Waals surface area contributed by atoms with Crippen LogP contribution in [0.25, 0.3) is 0 Å². The van der Waals surface area contributed by atoms with Gasteiger partial charge in [-0.3, -0.25) is 9.59 Å². The standard InChI is InChI=1S/C20H22N2O4/c1-13-9-10-16(20(25)26-3)11-17(13)22-19(24)12-18(21-14(2)23)15-7-5-4-6-8-15/h4-11,18H,12H2,1-3H3,(H,21,23)(H,22,24)/t18-/m0/s1. The Morgan fingerprint density at radius 2 is 1.77 bits per heavy atom. The van der Waals surface area contributed by atoms with Crippen molar-refractivity contribution < 1.29 is 19.1 Å². The van der Waals surface area contributed by atoms with Crippen molar-refractivity contribution in [2.24, 2.45) is 0 Å². The third kappa shape index (κ3) is 5.17. The SMILES string of the molecule is COC(=O)c1ccc(C)c(NC(=O)C[C@H](NC(C)=O)c2ccccc2)c1. The van der Waals surface area contributed by atoms with Crippen molar-refractivity contribution in [3.05, 3.63) is 65.2 Å². The second kappa shape index (κ2) is 8.80. The molecule has 0 aliphatic heterocycles. The van der Waals surface area contributed by atoms with Crippen molar-refractivity contribution in [2.45, 2.75) is 26.3 Å². The van der Waals surface area contributed by atoms with Crippen LogP contribution in [0.5, 0.6) is 0 Å². The average Bonchev–Trinajstić information content (AvgIpc) is 2.62. The summed E-state index contributed by atoms with van der Waals surface area (Å²) in [5, 5.41) is 5.60. The molecule has 0 bridgehead atoms. The highest BCUT2D eigenvalue weighted by Crippen LogP contribution is 2.21. The van der Waals surface area contributed by atoms with E-state index in [4.69, 9.17) is 4.74 Å². The van der Waals surface area contributed by atoms with Crippen LogP contribution in [0.15, 0.2) is 48.5 Å². The molecular formula is C20H22N2O4. The number of hydrogen-bond donors (Lipinski definition) is 2. The lowest BCUT2D eigenvalue weighted by Crippen LogP contribution is -2.29. The molecule has 0 saturated carbocycles. The molecule has 26 heavy (non-hydrogen) atoms. The summed E-state index contributed by atoms with van der Waals surface area (Å²) in [6, 6.07) is 13.8. The van der Waals surface area contributed by atoms with Gasteiger partial charge in [-0.1, -0.05) is 36.4 Å². The Kier molecular flexibility index (Phi) is 6.49. The number of amides is 2. The normalized spacial score (nSPS) is 11.3. The summed E-state index contributed by atoms with van der Waals surface area (Å²) in [6.07, 6.45) is 0.0749. The van der Waals surface area contributed by atoms with Crippen LogP contribution in [-0.2, 0) is 14.3 Å². The van der Waals surface area contributed by atoms with Crippen LogP contribution < -0.4 is 10.6 Å². The lowest BCUT2D eigenvalue weighted by Gasteiger charge is -2.18. The van der Waals surface area contributed by atoms with E-state index >= 15 is 0 Å². The third-order valence-electron chi connectivity index (χ3n) is 3.90. The van der Waals surface area contributed by atoms with E-state index < -0.39 is 12.0 Å². The second-order valence-electron chi connectivity index (χ2n) is 5.94. The Morgan fingerprint density at radius 1 is 1.08 bits per heavy atom. The lowest BCUT2D eigenvalue weighted by atomic mass is 10.0. The zero-order valence-corrected chi connectivity index (χ0v) is 15.0. The largest absolute Gasteiger partial charge is 0.465 e. The van der Waals surface area contributed by atoms with Crippen LogP contribution in [0.1, 0.15) is 40.9 Å². The molecular weight excluding hydrogens is 332 g/mol. The summed E-state index contributed by atoms with van der Waals surface area (Å²) in [7, 11) is 1.30. The number of esters is 1. The lowest BCUT2D eigenvalue weighted by molar-refractivity contribution is -0.120. The van der Waals surface area contributed by atoms with Crippen molar-refractivity contribution in [2.75, 3.05) is 12.4 Å². The molecule has 0 heterocycles. The van der Waals surface area contributed by atoms with Gasteiger partial charge in [0.1, 0.15) is 0 Å². The number of ether oxygens (including phenoxy) is 1. The monoisotopic (exact) mass is 354 g/mol. The van der Waals surface area contributed by atoms with Gasteiger partial charge in [0.15, 0.2) is 0 Å². The number of carbonyl (C=O) groups is 3. The van der Waals surface area contributed by atoms with Crippen molar-refractivity contribution in [1.82, 2.24) is 5.32 Å². The van der Waals surface area contributed by atoms with Gasteiger partial charge in [0.2, 0.25) is 11.8 Å². The second-order valence-corrected chi connectivity index (χ2v) is 5.94. The van der Waals surface area contributed by atoms with E-state index in [1.54, 1.807) is 18.2 Å². The maximum absolute atomic E-state index is 12.5. The van der Waals surface area contributed by atoms with Gasteiger partial charge in [-0.25, -0.2) is 4.79 Å². The van der Waals surface area contributed by atoms with Crippen molar-refractivity contribution in [3.8, 4) is 0 Å². The molecule has 0 fully saturated rings. The van der Waals surface area contributed by atoms with Crippen molar-refractivity contribution >= 4 is 23.5 Å². The number of anilines is 1. The van der Waals surface area contributed by atoms with Crippen LogP contribution >= 0.6 is 0 Å². The minimum Gasteiger partial charge on any atom is -0.465 e. The van der Waals surface area contributed by atoms with E-state index in [-0.39, 0.29) is 18.2 Å². The van der Waals surface area contributed by atoms with E-state index in [1.807, 2.05) is 37.3 Å². The highest BCUT2D eigenvalue weighted by atomic mass is 16.5. The van der Waals surface area contributed by atoms with Crippen LogP contribution in [0, 0.1) is 6.92 Å². The first-order valence-corrected chi connectivity index (χ1v) is 8.21. The molecule has 0 spiro atoms. The summed E-state index contributed by atoms with van der Waals surface area (Å²) in [5.74, 6) is -0.950. The van der Waals surface area contributed by atoms with E-state index in [2.05, 4.69) is 10.6 Å². The predicted octanol–water partition coefficient (Wildman–Crippen LogP) is 2.99. The summed E-state index contributed by atoms with van der Waals surface area (Å²) >= 11 is 0. The quantitative estimate of drug-likeness (QED) is 0.781. The fourth-order valence-electron chi connectivity index (χ4n) is 2.57. The van der Waals surface area contributed by atoms with Gasteiger partial charge in [-0.15, -0.1) is 0 Å². The highest BCUT2D eigenvalue weighted by molar-refractivity contribution is 5.95. The zero-order valence-electron chi connectivity index (χ0n) is 15.0. The summed E-state index contributed by atoms with van der Waals surface area (Å²) in [6.45, 7) is 3.25. The van der Waals surface area contributed by atoms with Gasteiger partial charge < -0.3 is 15.4 Å². The fraction of sp³-hybridized carbons (Fsp3) is 0.250. The molecule has 2 rings (SSSR count). The van der Waals surface area contributed by atoms with Gasteiger partial charge in [-0.05, 0) is 30.2 Å². The number of methoxy groups -OCH3 is 1. The minimum absolute atomic E-state index is 0.0749. The highest BCUT2D eigenvalue weighted by Gasteiger charge is 2.18. The smallest absolute Gasteiger partial charge is 0.337 e. The van der Waals surface area contributed by atoms with E-state index in [0.29, 0.717) is 11.3 Å². The van der Waals surface area contributed by atoms with Gasteiger partial charge in [0.25, 0.3) is 0 Å². The van der Waals surface area contributed by atoms with Crippen LogP contribution in [0.4, 0.5) is 5.69 Å². The minimum atomic E-state index is -0.471. The summed E-state index contributed by atoms with van der Waals surface area (Å²) in [5.41, 5.74) is 2.56. The number of aryl methyl sites for hydroxylation is 1. The summed E-state index contributed by atoms with van der Waals surface area (Å²) < 4.78 is 4.70. The van der Waals surface area contributed by atoms with Gasteiger partial charge >= 0.3 is 5.97 Å². The Balaban J connectivity index is 2.15. The molecule has 0 radical (unpaired) electrons. The molecule has 2 aromatic rings. The molecule has 2 aromatic carbocycles. The average molecular weight is 354 g/mol. The Hall–Kier alpha value is -3.15. The molecule has 136 valence electrons. The van der Waals surface area contributed by atoms with E-state index in [1.165, 1.54) is 14.0 Å². The van der Waals surface area contributed by atoms with Gasteiger partial charge in [0, 0.05) is 12.6 Å². The Labute approximate surface area is 152 Å². The molecule has 0 saturated heterocycles. The number of benzene rings is 2. The van der Waals surface area contributed by atoms with Crippen LogP contribution in [-0.4, -0.2) is 24.9 Å². The third-order valence-corrected chi connectivity index (χ3v) is 3.90. The van der Waals surface area contributed by atoms with Crippen LogP contribution in [0.2, 0.25) is 0 Å². The molecule has 0 aliphatic rings. The molecule has 6 nitrogen and oxygen atoms in total. The molecule has 6 heteroatoms. The first-order valence-electron chi connectivity index (χ1n) is 8.21. The molecule has 1 atom stereocenters. The number of hydrogen-bond acceptors (Lipinski definition) is 4. The van der Waals surface area contributed by atoms with Gasteiger partial charge in [-0.2, -0.15) is 0 Å². The molecule has 0 aromatic heterocycles. The Morgan fingerprint density at radius 3 is 2.38 bits per heavy atom. The van der Waals surface area contributed by atoms with Crippen LogP contribution in [0.3, 0.4) is 0 Å². The predicted molar refractivity (Wildman–Crippen MR) is 98.8 cm³/mol. The summed E-state index contributed by atoms with van der Waals surface area (Å²) in [4.78, 5) is 35.6. The number of rotatable bonds is 6.